The second kappa shape index (κ2) is 10.8. The summed E-state index contributed by atoms with van der Waals surface area (Å²) in [5.74, 6) is 0. The first-order chi connectivity index (χ1) is 12.6. The number of benzene rings is 2. The van der Waals surface area contributed by atoms with Crippen LogP contribution in [0.25, 0.3) is 0 Å². The van der Waals surface area contributed by atoms with Gasteiger partial charge in [-0.25, -0.2) is 0 Å². The second-order valence-electron chi connectivity index (χ2n) is 6.87. The van der Waals surface area contributed by atoms with Crippen LogP contribution in [0.2, 0.25) is 0 Å². The molecule has 0 spiro atoms. The number of hydrogen-bond donors (Lipinski definition) is 2. The van der Waals surface area contributed by atoms with Crippen molar-refractivity contribution in [3.8, 4) is 0 Å². The van der Waals surface area contributed by atoms with E-state index in [0.717, 1.165) is 36.5 Å². The van der Waals surface area contributed by atoms with Gasteiger partial charge in [0, 0.05) is 36.3 Å². The summed E-state index contributed by atoms with van der Waals surface area (Å²) in [6.45, 7) is 8.08. The van der Waals surface area contributed by atoms with Crippen LogP contribution in [0.5, 0.6) is 0 Å². The van der Waals surface area contributed by atoms with Gasteiger partial charge in [-0.1, -0.05) is 31.5 Å². The molecule has 0 radical (unpaired) electrons. The van der Waals surface area contributed by atoms with Crippen molar-refractivity contribution in [1.82, 2.24) is 0 Å². The molecule has 0 aromatic heterocycles. The number of hydrogen-bond acceptors (Lipinski definition) is 4. The molecule has 2 aromatic rings. The van der Waals surface area contributed by atoms with Crippen LogP contribution in [0.3, 0.4) is 0 Å². The second-order valence-corrected chi connectivity index (χ2v) is 6.87. The number of anilines is 3. The van der Waals surface area contributed by atoms with Crippen molar-refractivity contribution in [2.24, 2.45) is 0 Å². The van der Waals surface area contributed by atoms with Crippen LogP contribution in [-0.4, -0.2) is 37.0 Å². The third-order valence-corrected chi connectivity index (χ3v) is 4.24. The van der Waals surface area contributed by atoms with Crippen LogP contribution in [0.1, 0.15) is 33.6 Å². The molecule has 1 atom stereocenters. The van der Waals surface area contributed by atoms with E-state index in [2.05, 4.69) is 55.3 Å². The Balaban J connectivity index is 1.94. The molecule has 4 heteroatoms. The summed E-state index contributed by atoms with van der Waals surface area (Å²) < 4.78 is 5.55. The molecule has 142 valence electrons. The van der Waals surface area contributed by atoms with E-state index in [1.807, 2.05) is 30.3 Å². The first-order valence-corrected chi connectivity index (χ1v) is 9.54. The summed E-state index contributed by atoms with van der Waals surface area (Å²) in [4.78, 5) is 2.21. The molecule has 0 saturated heterocycles. The first kappa shape index (κ1) is 20.3. The highest BCUT2D eigenvalue weighted by Gasteiger charge is 2.15. The molecule has 0 fully saturated rings. The van der Waals surface area contributed by atoms with Crippen LogP contribution in [0.15, 0.2) is 54.6 Å². The van der Waals surface area contributed by atoms with E-state index in [4.69, 9.17) is 4.74 Å². The van der Waals surface area contributed by atoms with E-state index in [1.54, 1.807) is 0 Å². The topological polar surface area (TPSA) is 44.7 Å². The van der Waals surface area contributed by atoms with E-state index < -0.39 is 6.10 Å². The summed E-state index contributed by atoms with van der Waals surface area (Å²) in [7, 11) is 0. The molecule has 0 amide bonds. The van der Waals surface area contributed by atoms with Gasteiger partial charge in [-0.05, 0) is 56.7 Å². The van der Waals surface area contributed by atoms with Gasteiger partial charge in [0.05, 0.1) is 12.7 Å². The molecule has 0 saturated carbocycles. The molecular formula is C22H32N2O2. The monoisotopic (exact) mass is 356 g/mol. The predicted molar refractivity (Wildman–Crippen MR) is 110 cm³/mol. The molecule has 0 aliphatic rings. The Morgan fingerprint density at radius 3 is 2.27 bits per heavy atom. The number of aliphatic hydroxyl groups is 1. The molecule has 2 aromatic carbocycles. The Kier molecular flexibility index (Phi) is 8.45. The van der Waals surface area contributed by atoms with Gasteiger partial charge in [-0.2, -0.15) is 0 Å². The van der Waals surface area contributed by atoms with Gasteiger partial charge in [0.2, 0.25) is 0 Å². The van der Waals surface area contributed by atoms with E-state index in [9.17, 15) is 5.11 Å². The van der Waals surface area contributed by atoms with E-state index in [0.29, 0.717) is 19.2 Å². The summed E-state index contributed by atoms with van der Waals surface area (Å²) in [6.07, 6.45) is 1.66. The number of ether oxygens (including phenoxy) is 1. The normalized spacial score (nSPS) is 12.2. The van der Waals surface area contributed by atoms with Gasteiger partial charge in [0.1, 0.15) is 0 Å². The van der Waals surface area contributed by atoms with Gasteiger partial charge in [-0.3, -0.25) is 0 Å². The number of nitrogens with one attached hydrogen (secondary N) is 1. The standard InChI is InChI=1S/C22H32N2O2/c1-4-5-15-26-17-22(25)16-24(18(2)3)21-13-11-20(12-14-21)23-19-9-7-6-8-10-19/h6-14,18,22-23,25H,4-5,15-17H2,1-3H3. The van der Waals surface area contributed by atoms with Crippen LogP contribution < -0.4 is 10.2 Å². The molecular weight excluding hydrogens is 324 g/mol. The summed E-state index contributed by atoms with van der Waals surface area (Å²) in [6, 6.07) is 18.8. The highest BCUT2D eigenvalue weighted by Crippen LogP contribution is 2.23. The van der Waals surface area contributed by atoms with Gasteiger partial charge in [0.25, 0.3) is 0 Å². The lowest BCUT2D eigenvalue weighted by atomic mass is 10.2. The van der Waals surface area contributed by atoms with Crippen LogP contribution >= 0.6 is 0 Å². The maximum absolute atomic E-state index is 10.3. The third kappa shape index (κ3) is 6.70. The van der Waals surface area contributed by atoms with Crippen molar-refractivity contribution in [2.45, 2.75) is 45.8 Å². The lowest BCUT2D eigenvalue weighted by Gasteiger charge is -2.31. The van der Waals surface area contributed by atoms with Crippen molar-refractivity contribution in [1.29, 1.82) is 0 Å². The highest BCUT2D eigenvalue weighted by molar-refractivity contribution is 5.63. The summed E-state index contributed by atoms with van der Waals surface area (Å²) >= 11 is 0. The van der Waals surface area contributed by atoms with E-state index >= 15 is 0 Å². The van der Waals surface area contributed by atoms with Crippen LogP contribution in [-0.2, 0) is 4.74 Å². The van der Waals surface area contributed by atoms with Gasteiger partial charge < -0.3 is 20.1 Å². The molecule has 2 rings (SSSR count). The molecule has 1 unspecified atom stereocenters. The average molecular weight is 357 g/mol. The number of nitrogens with zero attached hydrogens (tertiary/aromatic N) is 1. The highest BCUT2D eigenvalue weighted by atomic mass is 16.5. The van der Waals surface area contributed by atoms with Crippen molar-refractivity contribution in [2.75, 3.05) is 30.0 Å². The van der Waals surface area contributed by atoms with E-state index in [1.165, 1.54) is 0 Å². The van der Waals surface area contributed by atoms with Crippen LogP contribution in [0, 0.1) is 0 Å². The van der Waals surface area contributed by atoms with Gasteiger partial charge in [0.15, 0.2) is 0 Å². The minimum atomic E-state index is -0.489. The van der Waals surface area contributed by atoms with Gasteiger partial charge in [-0.15, -0.1) is 0 Å². The first-order valence-electron chi connectivity index (χ1n) is 9.54. The number of unbranched alkanes of at least 4 members (excludes halogenated alkanes) is 1. The van der Waals surface area contributed by atoms with Crippen molar-refractivity contribution < 1.29 is 9.84 Å². The zero-order valence-electron chi connectivity index (χ0n) is 16.2. The number of rotatable bonds is 11. The molecule has 4 nitrogen and oxygen atoms in total. The molecule has 0 aliphatic carbocycles. The van der Waals surface area contributed by atoms with Crippen molar-refractivity contribution in [3.05, 3.63) is 54.6 Å². The molecule has 2 N–H and O–H groups in total. The predicted octanol–water partition coefficient (Wildman–Crippen LogP) is 4.82. The fourth-order valence-corrected chi connectivity index (χ4v) is 2.78. The Bertz CT molecular complexity index is 614. The van der Waals surface area contributed by atoms with Gasteiger partial charge >= 0.3 is 0 Å². The molecule has 0 heterocycles. The van der Waals surface area contributed by atoms with Crippen LogP contribution in [0.4, 0.5) is 17.1 Å². The molecule has 0 aliphatic heterocycles. The van der Waals surface area contributed by atoms with E-state index in [-0.39, 0.29) is 0 Å². The Labute approximate surface area is 157 Å². The lowest BCUT2D eigenvalue weighted by molar-refractivity contribution is 0.0386. The Morgan fingerprint density at radius 2 is 1.65 bits per heavy atom. The minimum Gasteiger partial charge on any atom is -0.389 e. The minimum absolute atomic E-state index is 0.299. The fraction of sp³-hybridized carbons (Fsp3) is 0.455. The average Bonchev–Trinajstić information content (AvgIpc) is 2.65. The maximum atomic E-state index is 10.3. The zero-order valence-corrected chi connectivity index (χ0v) is 16.2. The third-order valence-electron chi connectivity index (χ3n) is 4.24. The maximum Gasteiger partial charge on any atom is 0.0948 e. The molecule has 0 bridgehead atoms. The van der Waals surface area contributed by atoms with Crippen molar-refractivity contribution in [3.63, 3.8) is 0 Å². The number of para-hydroxylation sites is 1. The fourth-order valence-electron chi connectivity index (χ4n) is 2.78. The summed E-state index contributed by atoms with van der Waals surface area (Å²) in [5.41, 5.74) is 3.22. The zero-order chi connectivity index (χ0) is 18.8. The smallest absolute Gasteiger partial charge is 0.0948 e. The van der Waals surface area contributed by atoms with Crippen molar-refractivity contribution >= 4 is 17.1 Å². The lowest BCUT2D eigenvalue weighted by Crippen LogP contribution is -2.39. The SMILES string of the molecule is CCCCOCC(O)CN(c1ccc(Nc2ccccc2)cc1)C(C)C. The quantitative estimate of drug-likeness (QED) is 0.567. The Morgan fingerprint density at radius 1 is 1.00 bits per heavy atom. The molecule has 26 heavy (non-hydrogen) atoms. The summed E-state index contributed by atoms with van der Waals surface area (Å²) in [5, 5.41) is 13.7. The number of aliphatic hydroxyl groups excluding tert-OH is 1. The Hall–Kier alpha value is -2.04. The largest absolute Gasteiger partial charge is 0.389 e.